The van der Waals surface area contributed by atoms with Crippen molar-refractivity contribution in [3.8, 4) is 5.75 Å². The zero-order valence-corrected chi connectivity index (χ0v) is 10.2. The minimum atomic E-state index is -1.02. The molecule has 0 spiro atoms. The smallest absolute Gasteiger partial charge is 0.159 e. The molecule has 0 heterocycles. The molecular weight excluding hydrogens is 274 g/mol. The Hall–Kier alpha value is -2.08. The minimum Gasteiger partial charge on any atom is -0.491 e. The number of ether oxygens (including phenoxy) is 1. The summed E-state index contributed by atoms with van der Waals surface area (Å²) in [5.74, 6) is -3.58. The van der Waals surface area contributed by atoms with Crippen LogP contribution in [0.5, 0.6) is 5.75 Å². The second-order valence-corrected chi connectivity index (χ2v) is 4.20. The predicted octanol–water partition coefficient (Wildman–Crippen LogP) is 3.32. The highest BCUT2D eigenvalue weighted by Crippen LogP contribution is 2.19. The van der Waals surface area contributed by atoms with Crippen LogP contribution in [0.2, 0.25) is 0 Å². The Kier molecular flexibility index (Phi) is 4.24. The van der Waals surface area contributed by atoms with E-state index in [-0.39, 0.29) is 12.4 Å². The summed E-state index contributed by atoms with van der Waals surface area (Å²) in [6.45, 7) is -0.131. The summed E-state index contributed by atoms with van der Waals surface area (Å²) in [5, 5.41) is 0. The van der Waals surface area contributed by atoms with Crippen molar-refractivity contribution in [3.63, 3.8) is 0 Å². The molecule has 6 heteroatoms. The number of hydrogen-bond donors (Lipinski definition) is 1. The Morgan fingerprint density at radius 3 is 2.15 bits per heavy atom. The van der Waals surface area contributed by atoms with E-state index < -0.39 is 29.3 Å². The van der Waals surface area contributed by atoms with E-state index in [2.05, 4.69) is 0 Å². The molecule has 1 atom stereocenters. The molecule has 0 fully saturated rings. The lowest BCUT2D eigenvalue weighted by atomic mass is 10.1. The summed E-state index contributed by atoms with van der Waals surface area (Å²) < 4.78 is 56.8. The SMILES string of the molecule is NC(COc1cc(F)cc(F)c1)c1ccc(F)c(F)c1. The van der Waals surface area contributed by atoms with Gasteiger partial charge in [0.2, 0.25) is 0 Å². The van der Waals surface area contributed by atoms with Gasteiger partial charge in [0.25, 0.3) is 0 Å². The Morgan fingerprint density at radius 1 is 0.900 bits per heavy atom. The highest BCUT2D eigenvalue weighted by atomic mass is 19.2. The second kappa shape index (κ2) is 5.92. The van der Waals surface area contributed by atoms with Crippen molar-refractivity contribution in [2.75, 3.05) is 6.61 Å². The van der Waals surface area contributed by atoms with Crippen LogP contribution in [0, 0.1) is 23.3 Å². The Balaban J connectivity index is 2.04. The van der Waals surface area contributed by atoms with Gasteiger partial charge in [-0.2, -0.15) is 0 Å². The Bertz CT molecular complexity index is 598. The van der Waals surface area contributed by atoms with Crippen molar-refractivity contribution in [3.05, 3.63) is 65.2 Å². The zero-order valence-electron chi connectivity index (χ0n) is 10.2. The van der Waals surface area contributed by atoms with E-state index in [1.54, 1.807) is 0 Å². The molecule has 106 valence electrons. The quantitative estimate of drug-likeness (QED) is 0.875. The summed E-state index contributed by atoms with van der Waals surface area (Å²) in [7, 11) is 0. The number of hydrogen-bond acceptors (Lipinski definition) is 2. The van der Waals surface area contributed by atoms with Gasteiger partial charge in [0, 0.05) is 18.2 Å². The van der Waals surface area contributed by atoms with E-state index in [1.165, 1.54) is 6.07 Å². The predicted molar refractivity (Wildman–Crippen MR) is 65.1 cm³/mol. The van der Waals surface area contributed by atoms with Crippen LogP contribution in [0.25, 0.3) is 0 Å². The van der Waals surface area contributed by atoms with Crippen LogP contribution in [0.15, 0.2) is 36.4 Å². The summed E-state index contributed by atoms with van der Waals surface area (Å²) in [4.78, 5) is 0. The zero-order chi connectivity index (χ0) is 14.7. The molecule has 2 aromatic rings. The lowest BCUT2D eigenvalue weighted by Crippen LogP contribution is -2.19. The van der Waals surface area contributed by atoms with Crippen molar-refractivity contribution in [1.82, 2.24) is 0 Å². The van der Waals surface area contributed by atoms with Crippen molar-refractivity contribution in [2.24, 2.45) is 5.73 Å². The monoisotopic (exact) mass is 285 g/mol. The van der Waals surface area contributed by atoms with Crippen LogP contribution >= 0.6 is 0 Å². The van der Waals surface area contributed by atoms with E-state index in [4.69, 9.17) is 10.5 Å². The lowest BCUT2D eigenvalue weighted by molar-refractivity contribution is 0.287. The van der Waals surface area contributed by atoms with Gasteiger partial charge in [-0.15, -0.1) is 0 Å². The fourth-order valence-corrected chi connectivity index (χ4v) is 1.64. The van der Waals surface area contributed by atoms with Crippen molar-refractivity contribution in [2.45, 2.75) is 6.04 Å². The first-order chi connectivity index (χ1) is 9.45. The summed E-state index contributed by atoms with van der Waals surface area (Å²) >= 11 is 0. The molecule has 2 nitrogen and oxygen atoms in total. The van der Waals surface area contributed by atoms with Gasteiger partial charge in [-0.05, 0) is 17.7 Å². The largest absolute Gasteiger partial charge is 0.491 e. The molecule has 0 aliphatic carbocycles. The Morgan fingerprint density at radius 2 is 1.55 bits per heavy atom. The van der Waals surface area contributed by atoms with E-state index in [0.717, 1.165) is 24.3 Å². The lowest BCUT2D eigenvalue weighted by Gasteiger charge is -2.14. The molecule has 2 N–H and O–H groups in total. The van der Waals surface area contributed by atoms with Crippen LogP contribution in [-0.4, -0.2) is 6.61 Å². The van der Waals surface area contributed by atoms with E-state index in [0.29, 0.717) is 11.6 Å². The van der Waals surface area contributed by atoms with Crippen molar-refractivity contribution < 1.29 is 22.3 Å². The van der Waals surface area contributed by atoms with Crippen LogP contribution in [0.1, 0.15) is 11.6 Å². The fraction of sp³-hybridized carbons (Fsp3) is 0.143. The van der Waals surface area contributed by atoms with Crippen LogP contribution in [-0.2, 0) is 0 Å². The Labute approximate surface area is 112 Å². The van der Waals surface area contributed by atoms with Crippen LogP contribution in [0.3, 0.4) is 0 Å². The fourth-order valence-electron chi connectivity index (χ4n) is 1.64. The maximum absolute atomic E-state index is 13.0. The molecule has 0 amide bonds. The normalized spacial score (nSPS) is 12.2. The maximum Gasteiger partial charge on any atom is 0.159 e. The highest BCUT2D eigenvalue weighted by molar-refractivity contribution is 5.25. The molecule has 0 saturated heterocycles. The molecule has 0 aromatic heterocycles. The van der Waals surface area contributed by atoms with Gasteiger partial charge >= 0.3 is 0 Å². The molecule has 20 heavy (non-hydrogen) atoms. The first-order valence-corrected chi connectivity index (χ1v) is 5.75. The van der Waals surface area contributed by atoms with Gasteiger partial charge in [-0.3, -0.25) is 0 Å². The molecule has 0 saturated carbocycles. The molecule has 0 aliphatic rings. The van der Waals surface area contributed by atoms with Gasteiger partial charge in [0.05, 0.1) is 6.04 Å². The third kappa shape index (κ3) is 3.48. The third-order valence-electron chi connectivity index (χ3n) is 2.64. The third-order valence-corrected chi connectivity index (χ3v) is 2.64. The maximum atomic E-state index is 13.0. The summed E-state index contributed by atoms with van der Waals surface area (Å²) in [5.41, 5.74) is 6.06. The second-order valence-electron chi connectivity index (χ2n) is 4.20. The average Bonchev–Trinajstić information content (AvgIpc) is 2.38. The van der Waals surface area contributed by atoms with Gasteiger partial charge in [0.1, 0.15) is 24.0 Å². The molecule has 0 aliphatic heterocycles. The first-order valence-electron chi connectivity index (χ1n) is 5.75. The number of nitrogens with two attached hydrogens (primary N) is 1. The molecule has 2 rings (SSSR count). The number of rotatable bonds is 4. The number of benzene rings is 2. The topological polar surface area (TPSA) is 35.2 Å². The van der Waals surface area contributed by atoms with E-state index >= 15 is 0 Å². The first kappa shape index (κ1) is 14.3. The van der Waals surface area contributed by atoms with Gasteiger partial charge in [-0.25, -0.2) is 17.6 Å². The minimum absolute atomic E-state index is 0.0273. The van der Waals surface area contributed by atoms with E-state index in [9.17, 15) is 17.6 Å². The standard InChI is InChI=1S/C14H11F4NO/c15-9-4-10(16)6-11(5-9)20-7-14(19)8-1-2-12(17)13(18)3-8/h1-6,14H,7,19H2. The van der Waals surface area contributed by atoms with Crippen molar-refractivity contribution in [1.29, 1.82) is 0 Å². The van der Waals surface area contributed by atoms with Crippen LogP contribution in [0.4, 0.5) is 17.6 Å². The van der Waals surface area contributed by atoms with Gasteiger partial charge in [-0.1, -0.05) is 6.07 Å². The number of halogens is 4. The summed E-state index contributed by atoms with van der Waals surface area (Å²) in [6.07, 6.45) is 0. The molecular formula is C14H11F4NO. The van der Waals surface area contributed by atoms with E-state index in [1.807, 2.05) is 0 Å². The van der Waals surface area contributed by atoms with Crippen LogP contribution < -0.4 is 10.5 Å². The highest BCUT2D eigenvalue weighted by Gasteiger charge is 2.11. The van der Waals surface area contributed by atoms with Crippen molar-refractivity contribution >= 4 is 0 Å². The molecule has 2 aromatic carbocycles. The van der Waals surface area contributed by atoms with Gasteiger partial charge in [0.15, 0.2) is 11.6 Å². The molecule has 0 bridgehead atoms. The summed E-state index contributed by atoms with van der Waals surface area (Å²) in [6, 6.07) is 5.18. The average molecular weight is 285 g/mol. The molecule has 1 unspecified atom stereocenters. The van der Waals surface area contributed by atoms with Gasteiger partial charge < -0.3 is 10.5 Å². The molecule has 0 radical (unpaired) electrons.